The van der Waals surface area contributed by atoms with E-state index < -0.39 is 5.63 Å². The van der Waals surface area contributed by atoms with Crippen molar-refractivity contribution < 1.29 is 13.5 Å². The molecule has 4 nitrogen and oxygen atoms in total. The topological polar surface area (TPSA) is 42.7 Å². The minimum atomic E-state index is -0.406. The molecule has 0 saturated carbocycles. The Balaban J connectivity index is 1.58. The molecule has 3 aromatic carbocycles. The first-order valence-electron chi connectivity index (χ1n) is 9.43. The molecule has 1 aliphatic rings. The summed E-state index contributed by atoms with van der Waals surface area (Å²) < 4.78 is 25.6. The van der Waals surface area contributed by atoms with Crippen molar-refractivity contribution in [3.8, 4) is 16.9 Å². The first kappa shape index (κ1) is 17.6. The molecule has 5 rings (SSSR count). The van der Waals surface area contributed by atoms with Crippen LogP contribution in [0.2, 0.25) is 0 Å². The number of hydrogen-bond donors (Lipinski definition) is 0. The van der Waals surface area contributed by atoms with Gasteiger partial charge in [-0.1, -0.05) is 48.5 Å². The van der Waals surface area contributed by atoms with E-state index in [0.717, 1.165) is 22.1 Å². The lowest BCUT2D eigenvalue weighted by Crippen LogP contribution is -2.32. The van der Waals surface area contributed by atoms with Gasteiger partial charge in [0.1, 0.15) is 23.9 Å². The third-order valence-corrected chi connectivity index (χ3v) is 5.19. The Morgan fingerprint density at radius 2 is 1.76 bits per heavy atom. The van der Waals surface area contributed by atoms with Crippen molar-refractivity contribution in [2.24, 2.45) is 0 Å². The van der Waals surface area contributed by atoms with E-state index in [2.05, 4.69) is 0 Å². The highest BCUT2D eigenvalue weighted by atomic mass is 19.1. The van der Waals surface area contributed by atoms with E-state index in [4.69, 9.17) is 9.15 Å². The zero-order valence-electron chi connectivity index (χ0n) is 15.6. The maximum atomic E-state index is 14.1. The normalized spacial score (nSPS) is 13.8. The van der Waals surface area contributed by atoms with Crippen LogP contribution in [-0.2, 0) is 13.1 Å². The molecule has 0 saturated heterocycles. The van der Waals surface area contributed by atoms with Crippen LogP contribution in [0.5, 0.6) is 5.75 Å². The van der Waals surface area contributed by atoms with Gasteiger partial charge in [0.05, 0.1) is 5.56 Å². The first-order chi connectivity index (χ1) is 14.2. The average molecular weight is 387 g/mol. The number of rotatable bonds is 3. The van der Waals surface area contributed by atoms with Gasteiger partial charge in [0.25, 0.3) is 0 Å². The third-order valence-electron chi connectivity index (χ3n) is 5.19. The second kappa shape index (κ2) is 7.18. The largest absolute Gasteiger partial charge is 0.478 e. The van der Waals surface area contributed by atoms with Crippen molar-refractivity contribution in [3.63, 3.8) is 0 Å². The monoisotopic (exact) mass is 387 g/mol. The van der Waals surface area contributed by atoms with Gasteiger partial charge >= 0.3 is 5.63 Å². The van der Waals surface area contributed by atoms with Gasteiger partial charge in [-0.05, 0) is 29.3 Å². The lowest BCUT2D eigenvalue weighted by Gasteiger charge is -2.29. The minimum Gasteiger partial charge on any atom is -0.478 e. The van der Waals surface area contributed by atoms with Crippen LogP contribution >= 0.6 is 0 Å². The van der Waals surface area contributed by atoms with Crippen LogP contribution in [0.3, 0.4) is 0 Å². The fourth-order valence-corrected chi connectivity index (χ4v) is 3.80. The van der Waals surface area contributed by atoms with Crippen LogP contribution in [0, 0.1) is 5.82 Å². The van der Waals surface area contributed by atoms with Crippen LogP contribution < -0.4 is 10.4 Å². The Kier molecular flexibility index (Phi) is 4.37. The van der Waals surface area contributed by atoms with Gasteiger partial charge in [-0.2, -0.15) is 0 Å². The molecule has 0 aliphatic carbocycles. The van der Waals surface area contributed by atoms with Crippen molar-refractivity contribution in [1.29, 1.82) is 0 Å². The van der Waals surface area contributed by atoms with E-state index >= 15 is 0 Å². The predicted octanol–water partition coefficient (Wildman–Crippen LogP) is 4.95. The van der Waals surface area contributed by atoms with E-state index in [9.17, 15) is 9.18 Å². The van der Waals surface area contributed by atoms with Crippen molar-refractivity contribution in [2.75, 3.05) is 6.73 Å². The number of halogens is 1. The molecule has 4 aromatic rings. The van der Waals surface area contributed by atoms with Crippen molar-refractivity contribution in [1.82, 2.24) is 4.90 Å². The van der Waals surface area contributed by atoms with Crippen molar-refractivity contribution in [3.05, 3.63) is 100 Å². The summed E-state index contributed by atoms with van der Waals surface area (Å²) in [7, 11) is 0. The fraction of sp³-hybridized carbons (Fsp3) is 0.125. The fourth-order valence-electron chi connectivity index (χ4n) is 3.80. The smallest absolute Gasteiger partial charge is 0.336 e. The summed E-state index contributed by atoms with van der Waals surface area (Å²) >= 11 is 0. The molecule has 0 radical (unpaired) electrons. The van der Waals surface area contributed by atoms with Crippen molar-refractivity contribution in [2.45, 2.75) is 13.1 Å². The van der Waals surface area contributed by atoms with Gasteiger partial charge in [0.15, 0.2) is 0 Å². The molecular weight excluding hydrogens is 369 g/mol. The van der Waals surface area contributed by atoms with E-state index in [1.807, 2.05) is 53.4 Å². The summed E-state index contributed by atoms with van der Waals surface area (Å²) in [4.78, 5) is 14.3. The van der Waals surface area contributed by atoms with Gasteiger partial charge < -0.3 is 9.15 Å². The summed E-state index contributed by atoms with van der Waals surface area (Å²) in [5.41, 5.74) is 3.30. The molecule has 0 bridgehead atoms. The number of benzene rings is 3. The van der Waals surface area contributed by atoms with Crippen LogP contribution in [0.15, 0.2) is 82.0 Å². The molecule has 0 atom stereocenters. The van der Waals surface area contributed by atoms with Crippen molar-refractivity contribution >= 4 is 11.0 Å². The first-order valence-corrected chi connectivity index (χ1v) is 9.43. The Morgan fingerprint density at radius 3 is 2.59 bits per heavy atom. The molecule has 0 N–H and O–H groups in total. The van der Waals surface area contributed by atoms with E-state index in [0.29, 0.717) is 36.7 Å². The van der Waals surface area contributed by atoms with Crippen LogP contribution in [-0.4, -0.2) is 11.6 Å². The number of nitrogens with zero attached hydrogens (tertiary/aromatic N) is 1. The molecule has 0 spiro atoms. The van der Waals surface area contributed by atoms with E-state index in [-0.39, 0.29) is 5.82 Å². The van der Waals surface area contributed by atoms with E-state index in [1.54, 1.807) is 12.1 Å². The summed E-state index contributed by atoms with van der Waals surface area (Å²) in [5, 5.41) is 0.853. The Labute approximate surface area is 166 Å². The van der Waals surface area contributed by atoms with Gasteiger partial charge in [-0.25, -0.2) is 9.18 Å². The molecule has 0 amide bonds. The standard InChI is InChI=1S/C24H18FNO3/c25-21-9-5-4-8-17(21)13-26-14-20-22(28-15-26)11-10-18-19(12-23(27)29-24(18)20)16-6-2-1-3-7-16/h1-12H,13-15H2. The van der Waals surface area contributed by atoms with Crippen LogP contribution in [0.4, 0.5) is 4.39 Å². The maximum absolute atomic E-state index is 14.1. The molecule has 144 valence electrons. The lowest BCUT2D eigenvalue weighted by atomic mass is 9.99. The lowest BCUT2D eigenvalue weighted by molar-refractivity contribution is 0.0880. The second-order valence-electron chi connectivity index (χ2n) is 7.12. The molecule has 0 unspecified atom stereocenters. The zero-order valence-corrected chi connectivity index (χ0v) is 15.6. The number of ether oxygens (including phenoxy) is 1. The van der Waals surface area contributed by atoms with Crippen LogP contribution in [0.25, 0.3) is 22.1 Å². The molecule has 1 aromatic heterocycles. The molecular formula is C24H18FNO3. The summed E-state index contributed by atoms with van der Waals surface area (Å²) in [6, 6.07) is 21.8. The highest BCUT2D eigenvalue weighted by Crippen LogP contribution is 2.36. The second-order valence-corrected chi connectivity index (χ2v) is 7.12. The Morgan fingerprint density at radius 1 is 0.966 bits per heavy atom. The predicted molar refractivity (Wildman–Crippen MR) is 109 cm³/mol. The summed E-state index contributed by atoms with van der Waals surface area (Å²) in [5.74, 6) is 0.449. The summed E-state index contributed by atoms with van der Waals surface area (Å²) in [6.45, 7) is 1.25. The number of hydrogen-bond acceptors (Lipinski definition) is 4. The maximum Gasteiger partial charge on any atom is 0.336 e. The van der Waals surface area contributed by atoms with Crippen LogP contribution in [0.1, 0.15) is 11.1 Å². The molecule has 0 fully saturated rings. The Hall–Kier alpha value is -3.44. The van der Waals surface area contributed by atoms with Gasteiger partial charge in [-0.15, -0.1) is 0 Å². The average Bonchev–Trinajstić information content (AvgIpc) is 2.75. The van der Waals surface area contributed by atoms with E-state index in [1.165, 1.54) is 12.1 Å². The number of fused-ring (bicyclic) bond motifs is 3. The van der Waals surface area contributed by atoms with Gasteiger partial charge in [0.2, 0.25) is 0 Å². The molecule has 1 aliphatic heterocycles. The highest BCUT2D eigenvalue weighted by molar-refractivity contribution is 5.95. The SMILES string of the molecule is O=c1cc(-c2ccccc2)c2ccc3c(c2o1)CN(Cc1ccccc1F)CO3. The summed E-state index contributed by atoms with van der Waals surface area (Å²) in [6.07, 6.45) is 0. The minimum absolute atomic E-state index is 0.242. The highest BCUT2D eigenvalue weighted by Gasteiger charge is 2.23. The molecule has 5 heteroatoms. The molecule has 2 heterocycles. The third kappa shape index (κ3) is 3.30. The molecule has 29 heavy (non-hydrogen) atoms. The zero-order chi connectivity index (χ0) is 19.8. The quantitative estimate of drug-likeness (QED) is 0.467. The van der Waals surface area contributed by atoms with Gasteiger partial charge in [0, 0.05) is 30.1 Å². The Bertz CT molecular complexity index is 1250. The van der Waals surface area contributed by atoms with Gasteiger partial charge in [-0.3, -0.25) is 4.90 Å².